The highest BCUT2D eigenvalue weighted by Gasteiger charge is 2.31. The molecule has 7 nitrogen and oxygen atoms in total. The van der Waals surface area contributed by atoms with Gasteiger partial charge in [0.15, 0.2) is 0 Å². The monoisotopic (exact) mass is 411 g/mol. The van der Waals surface area contributed by atoms with Crippen molar-refractivity contribution < 1.29 is 9.53 Å². The summed E-state index contributed by atoms with van der Waals surface area (Å²) in [5.74, 6) is 2.30. The summed E-state index contributed by atoms with van der Waals surface area (Å²) in [4.78, 5) is 24.4. The number of aromatic nitrogens is 2. The summed E-state index contributed by atoms with van der Waals surface area (Å²) >= 11 is 0. The fraction of sp³-hybridized carbons (Fsp3) is 0.522. The Labute approximate surface area is 179 Å². The number of ether oxygens (including phenoxy) is 1. The molecule has 1 aromatic heterocycles. The molecule has 1 saturated heterocycles. The Bertz CT molecular complexity index is 812. The quantitative estimate of drug-likeness (QED) is 0.779. The van der Waals surface area contributed by atoms with Crippen molar-refractivity contribution in [1.29, 1.82) is 0 Å². The molecule has 0 spiro atoms. The van der Waals surface area contributed by atoms with Gasteiger partial charge in [-0.2, -0.15) is 0 Å². The van der Waals surface area contributed by atoms with Gasteiger partial charge in [0.2, 0.25) is 5.95 Å². The molecule has 0 radical (unpaired) electrons. The lowest BCUT2D eigenvalue weighted by molar-refractivity contribution is 0.166. The van der Waals surface area contributed by atoms with E-state index in [2.05, 4.69) is 20.2 Å². The number of hydrogen-bond donors (Lipinski definition) is 1. The standard InChI is InChI=1S/C21H27N5O2.C2H6/c1-14(24-21(27)25(2)3)15-6-8-18(9-7-15)28-19-12-26(13-19)20-22-10-17(11-23-20)16-4-5-16;1-2/h6-11,14,16,19H,4-5,12-13H2,1-3H3,(H,24,27);1-2H3. The molecule has 2 amide bonds. The first kappa shape index (κ1) is 21.9. The number of carbonyl (C=O) groups is 1. The molecule has 1 saturated carbocycles. The predicted molar refractivity (Wildman–Crippen MR) is 119 cm³/mol. The molecule has 1 unspecified atom stereocenters. The third kappa shape index (κ3) is 5.40. The van der Waals surface area contributed by atoms with Gasteiger partial charge in [0.05, 0.1) is 19.1 Å². The van der Waals surface area contributed by atoms with Gasteiger partial charge in [-0.3, -0.25) is 0 Å². The van der Waals surface area contributed by atoms with E-state index < -0.39 is 0 Å². The summed E-state index contributed by atoms with van der Waals surface area (Å²) in [5.41, 5.74) is 2.30. The zero-order valence-electron chi connectivity index (χ0n) is 18.6. The minimum Gasteiger partial charge on any atom is -0.487 e. The lowest BCUT2D eigenvalue weighted by Crippen LogP contribution is -2.54. The van der Waals surface area contributed by atoms with E-state index in [4.69, 9.17) is 4.74 Å². The van der Waals surface area contributed by atoms with Crippen LogP contribution in [-0.2, 0) is 0 Å². The van der Waals surface area contributed by atoms with E-state index in [1.165, 1.54) is 23.3 Å². The van der Waals surface area contributed by atoms with Crippen molar-refractivity contribution >= 4 is 12.0 Å². The molecule has 162 valence electrons. The van der Waals surface area contributed by atoms with Crippen LogP contribution in [0.1, 0.15) is 56.7 Å². The minimum atomic E-state index is -0.102. The van der Waals surface area contributed by atoms with Gasteiger partial charge in [0.1, 0.15) is 11.9 Å². The van der Waals surface area contributed by atoms with E-state index in [0.29, 0.717) is 5.92 Å². The largest absolute Gasteiger partial charge is 0.487 e. The molecular weight excluding hydrogens is 378 g/mol. The number of rotatable bonds is 6. The first-order chi connectivity index (χ1) is 14.5. The molecule has 30 heavy (non-hydrogen) atoms. The second-order valence-corrected chi connectivity index (χ2v) is 7.87. The number of urea groups is 1. The van der Waals surface area contributed by atoms with Gasteiger partial charge in [0.25, 0.3) is 0 Å². The van der Waals surface area contributed by atoms with Crippen LogP contribution in [-0.4, -0.2) is 54.2 Å². The summed E-state index contributed by atoms with van der Waals surface area (Å²) < 4.78 is 6.04. The van der Waals surface area contributed by atoms with Gasteiger partial charge in [-0.25, -0.2) is 14.8 Å². The van der Waals surface area contributed by atoms with Crippen LogP contribution in [0.25, 0.3) is 0 Å². The molecular formula is C23H33N5O2. The van der Waals surface area contributed by atoms with Crippen LogP contribution in [0.2, 0.25) is 0 Å². The van der Waals surface area contributed by atoms with Gasteiger partial charge in [-0.15, -0.1) is 0 Å². The lowest BCUT2D eigenvalue weighted by Gasteiger charge is -2.38. The van der Waals surface area contributed by atoms with Crippen LogP contribution >= 0.6 is 0 Å². The number of hydrogen-bond acceptors (Lipinski definition) is 5. The second kappa shape index (κ2) is 9.78. The van der Waals surface area contributed by atoms with Gasteiger partial charge >= 0.3 is 6.03 Å². The predicted octanol–water partition coefficient (Wildman–Crippen LogP) is 3.98. The third-order valence-electron chi connectivity index (χ3n) is 5.27. The summed E-state index contributed by atoms with van der Waals surface area (Å²) in [5, 5.41) is 2.94. The van der Waals surface area contributed by atoms with E-state index >= 15 is 0 Å². The molecule has 2 aliphatic rings. The topological polar surface area (TPSA) is 70.6 Å². The Morgan fingerprint density at radius 1 is 1.13 bits per heavy atom. The number of benzene rings is 1. The highest BCUT2D eigenvalue weighted by Crippen LogP contribution is 2.39. The Balaban J connectivity index is 0.00000124. The first-order valence-corrected chi connectivity index (χ1v) is 10.8. The average Bonchev–Trinajstić information content (AvgIpc) is 3.58. The van der Waals surface area contributed by atoms with Crippen molar-refractivity contribution in [2.24, 2.45) is 0 Å². The Morgan fingerprint density at radius 3 is 2.27 bits per heavy atom. The zero-order chi connectivity index (χ0) is 21.7. The Hall–Kier alpha value is -2.83. The number of nitrogens with one attached hydrogen (secondary N) is 1. The summed E-state index contributed by atoms with van der Waals surface area (Å²) in [6.07, 6.45) is 6.60. The summed E-state index contributed by atoms with van der Waals surface area (Å²) in [6, 6.07) is 7.74. The fourth-order valence-electron chi connectivity index (χ4n) is 3.22. The maximum Gasteiger partial charge on any atom is 0.317 e. The van der Waals surface area contributed by atoms with Crippen molar-refractivity contribution in [1.82, 2.24) is 20.2 Å². The zero-order valence-corrected chi connectivity index (χ0v) is 18.6. The summed E-state index contributed by atoms with van der Waals surface area (Å²) in [6.45, 7) is 7.55. The van der Waals surface area contributed by atoms with Gasteiger partial charge in [0, 0.05) is 26.5 Å². The minimum absolute atomic E-state index is 0.0566. The number of nitrogens with zero attached hydrogens (tertiary/aromatic N) is 4. The molecule has 2 aromatic rings. The van der Waals surface area contributed by atoms with Crippen LogP contribution in [0.15, 0.2) is 36.7 Å². The number of anilines is 1. The normalized spacial score (nSPS) is 16.6. The van der Waals surface area contributed by atoms with E-state index in [1.807, 2.05) is 57.4 Å². The van der Waals surface area contributed by atoms with Crippen LogP contribution in [0, 0.1) is 0 Å². The van der Waals surface area contributed by atoms with Gasteiger partial charge < -0.3 is 19.9 Å². The molecule has 0 bridgehead atoms. The SMILES string of the molecule is CC.CC(NC(=O)N(C)C)c1ccc(OC2CN(c3ncc(C4CC4)cn3)C2)cc1. The van der Waals surface area contributed by atoms with E-state index in [-0.39, 0.29) is 18.2 Å². The molecule has 2 heterocycles. The van der Waals surface area contributed by atoms with Crippen LogP contribution in [0.3, 0.4) is 0 Å². The molecule has 1 aliphatic carbocycles. The van der Waals surface area contributed by atoms with Gasteiger partial charge in [-0.1, -0.05) is 26.0 Å². The smallest absolute Gasteiger partial charge is 0.317 e. The molecule has 1 N–H and O–H groups in total. The van der Waals surface area contributed by atoms with E-state index in [0.717, 1.165) is 30.4 Å². The summed E-state index contributed by atoms with van der Waals surface area (Å²) in [7, 11) is 3.46. The highest BCUT2D eigenvalue weighted by atomic mass is 16.5. The van der Waals surface area contributed by atoms with E-state index in [1.54, 1.807) is 14.1 Å². The molecule has 1 aromatic carbocycles. The average molecular weight is 412 g/mol. The molecule has 2 fully saturated rings. The maximum atomic E-state index is 11.8. The van der Waals surface area contributed by atoms with Crippen molar-refractivity contribution in [3.8, 4) is 5.75 Å². The van der Waals surface area contributed by atoms with Crippen LogP contribution in [0.5, 0.6) is 5.75 Å². The lowest BCUT2D eigenvalue weighted by atomic mass is 10.1. The number of carbonyl (C=O) groups excluding carboxylic acids is 1. The number of amides is 2. The first-order valence-electron chi connectivity index (χ1n) is 10.8. The fourth-order valence-corrected chi connectivity index (χ4v) is 3.22. The van der Waals surface area contributed by atoms with Crippen molar-refractivity contribution in [2.45, 2.75) is 51.7 Å². The van der Waals surface area contributed by atoms with Gasteiger partial charge in [-0.05, 0) is 48.9 Å². The van der Waals surface area contributed by atoms with Crippen molar-refractivity contribution in [3.05, 3.63) is 47.8 Å². The highest BCUT2D eigenvalue weighted by molar-refractivity contribution is 5.74. The van der Waals surface area contributed by atoms with Crippen molar-refractivity contribution in [2.75, 3.05) is 32.1 Å². The second-order valence-electron chi connectivity index (χ2n) is 7.87. The van der Waals surface area contributed by atoms with Crippen LogP contribution in [0.4, 0.5) is 10.7 Å². The molecule has 1 aliphatic heterocycles. The molecule has 1 atom stereocenters. The van der Waals surface area contributed by atoms with Crippen molar-refractivity contribution in [3.63, 3.8) is 0 Å². The maximum absolute atomic E-state index is 11.8. The Morgan fingerprint density at radius 2 is 1.73 bits per heavy atom. The van der Waals surface area contributed by atoms with Crippen LogP contribution < -0.4 is 15.0 Å². The molecule has 4 rings (SSSR count). The molecule has 7 heteroatoms. The Kier molecular flexibility index (Phi) is 7.13. The third-order valence-corrected chi connectivity index (χ3v) is 5.27. The van der Waals surface area contributed by atoms with E-state index in [9.17, 15) is 4.79 Å².